The van der Waals surface area contributed by atoms with Crippen molar-refractivity contribution >= 4 is 11.7 Å². The normalized spacial score (nSPS) is 13.0. The number of nitrogens with zero attached hydrogens (tertiary/aromatic N) is 2. The van der Waals surface area contributed by atoms with Crippen molar-refractivity contribution in [2.24, 2.45) is 0 Å². The van der Waals surface area contributed by atoms with Gasteiger partial charge in [0.2, 0.25) is 0 Å². The molecule has 0 aliphatic carbocycles. The van der Waals surface area contributed by atoms with E-state index in [-0.39, 0.29) is 5.97 Å². The van der Waals surface area contributed by atoms with Crippen molar-refractivity contribution in [2.45, 2.75) is 39.3 Å². The van der Waals surface area contributed by atoms with Crippen molar-refractivity contribution < 1.29 is 9.53 Å². The maximum absolute atomic E-state index is 11.6. The first-order valence-corrected chi connectivity index (χ1v) is 5.14. The van der Waals surface area contributed by atoms with E-state index in [0.29, 0.717) is 0 Å². The smallest absolute Gasteiger partial charge is 0.328 e. The van der Waals surface area contributed by atoms with Crippen LogP contribution in [0.3, 0.4) is 0 Å². The Hall–Kier alpha value is -1.65. The lowest BCUT2D eigenvalue weighted by atomic mass is 10.2. The first-order chi connectivity index (χ1) is 7.38. The Bertz CT molecular complexity index is 346. The lowest BCUT2D eigenvalue weighted by Gasteiger charge is -2.22. The Labute approximate surface area is 95.2 Å². The zero-order valence-corrected chi connectivity index (χ0v) is 10.0. The molecular weight excluding hydrogens is 206 g/mol. The molecule has 0 amide bonds. The van der Waals surface area contributed by atoms with Crippen molar-refractivity contribution in [3.63, 3.8) is 0 Å². The maximum Gasteiger partial charge on any atom is 0.328 e. The highest BCUT2D eigenvalue weighted by molar-refractivity contribution is 5.79. The minimum atomic E-state index is -0.469. The Balaban J connectivity index is 2.53. The highest BCUT2D eigenvalue weighted by atomic mass is 16.6. The molecule has 1 rings (SSSR count). The molecule has 16 heavy (non-hydrogen) atoms. The lowest BCUT2D eigenvalue weighted by Crippen LogP contribution is -2.34. The summed E-state index contributed by atoms with van der Waals surface area (Å²) in [6.07, 6.45) is 3.12. The van der Waals surface area contributed by atoms with Gasteiger partial charge in [0.25, 0.3) is 0 Å². The van der Waals surface area contributed by atoms with E-state index in [1.165, 1.54) is 0 Å². The third-order valence-electron chi connectivity index (χ3n) is 1.73. The van der Waals surface area contributed by atoms with Crippen molar-refractivity contribution in [3.8, 4) is 0 Å². The molecule has 88 valence electrons. The fourth-order valence-electron chi connectivity index (χ4n) is 1.08. The van der Waals surface area contributed by atoms with Crippen LogP contribution in [0, 0.1) is 0 Å². The van der Waals surface area contributed by atoms with Gasteiger partial charge in [-0.15, -0.1) is 0 Å². The molecule has 0 aliphatic heterocycles. The zero-order chi connectivity index (χ0) is 12.2. The molecular formula is C11H17N3O2. The number of carbonyl (C=O) groups excluding carboxylic acids is 1. The summed E-state index contributed by atoms with van der Waals surface area (Å²) in [4.78, 5) is 11.6. The quantitative estimate of drug-likeness (QED) is 0.789. The van der Waals surface area contributed by atoms with E-state index in [1.54, 1.807) is 25.4 Å². The van der Waals surface area contributed by atoms with E-state index >= 15 is 0 Å². The van der Waals surface area contributed by atoms with Crippen LogP contribution in [-0.4, -0.2) is 27.8 Å². The fourth-order valence-corrected chi connectivity index (χ4v) is 1.08. The third kappa shape index (κ3) is 4.25. The van der Waals surface area contributed by atoms with Gasteiger partial charge in [-0.3, -0.25) is 0 Å². The van der Waals surface area contributed by atoms with Crippen LogP contribution in [0.2, 0.25) is 0 Å². The van der Waals surface area contributed by atoms with Gasteiger partial charge in [0.05, 0.1) is 18.1 Å². The number of esters is 1. The molecule has 1 atom stereocenters. The Morgan fingerprint density at radius 1 is 1.44 bits per heavy atom. The van der Waals surface area contributed by atoms with Crippen LogP contribution < -0.4 is 5.32 Å². The van der Waals surface area contributed by atoms with Gasteiger partial charge in [-0.2, -0.15) is 10.2 Å². The minimum Gasteiger partial charge on any atom is -0.458 e. The molecule has 0 fully saturated rings. The molecule has 1 N–H and O–H groups in total. The highest BCUT2D eigenvalue weighted by Gasteiger charge is 2.21. The molecule has 0 saturated heterocycles. The lowest BCUT2D eigenvalue weighted by molar-refractivity contribution is -0.155. The fraction of sp³-hybridized carbons (Fsp3) is 0.545. The second-order valence-corrected chi connectivity index (χ2v) is 4.53. The van der Waals surface area contributed by atoms with Gasteiger partial charge in [0.15, 0.2) is 0 Å². The summed E-state index contributed by atoms with van der Waals surface area (Å²) in [5.74, 6) is -0.288. The molecule has 1 aromatic heterocycles. The molecule has 0 saturated carbocycles. The number of rotatable bonds is 3. The average Bonchev–Trinajstić information content (AvgIpc) is 2.16. The molecule has 0 bridgehead atoms. The minimum absolute atomic E-state index is 0.288. The van der Waals surface area contributed by atoms with E-state index < -0.39 is 11.6 Å². The van der Waals surface area contributed by atoms with Crippen LogP contribution in [0.4, 0.5) is 5.69 Å². The summed E-state index contributed by atoms with van der Waals surface area (Å²) in [7, 11) is 0. The maximum atomic E-state index is 11.6. The summed E-state index contributed by atoms with van der Waals surface area (Å²) >= 11 is 0. The molecule has 1 aromatic rings. The Morgan fingerprint density at radius 3 is 2.62 bits per heavy atom. The topological polar surface area (TPSA) is 64.1 Å². The first kappa shape index (κ1) is 12.4. The first-order valence-electron chi connectivity index (χ1n) is 5.14. The number of anilines is 1. The summed E-state index contributed by atoms with van der Waals surface area (Å²) in [6, 6.07) is 1.33. The molecule has 5 heteroatoms. The van der Waals surface area contributed by atoms with E-state index in [4.69, 9.17) is 4.74 Å². The molecule has 0 aromatic carbocycles. The number of ether oxygens (including phenoxy) is 1. The number of nitrogens with one attached hydrogen (secondary N) is 1. The SMILES string of the molecule is C[C@H](Nc1ccnnc1)C(=O)OC(C)(C)C. The molecule has 0 unspecified atom stereocenters. The number of hydrogen-bond donors (Lipinski definition) is 1. The predicted octanol–water partition coefficient (Wildman–Crippen LogP) is 1.62. The number of carbonyl (C=O) groups is 1. The average molecular weight is 223 g/mol. The van der Waals surface area contributed by atoms with E-state index in [0.717, 1.165) is 5.69 Å². The van der Waals surface area contributed by atoms with Gasteiger partial charge < -0.3 is 10.1 Å². The van der Waals surface area contributed by atoms with Crippen molar-refractivity contribution in [2.75, 3.05) is 5.32 Å². The summed E-state index contributed by atoms with van der Waals surface area (Å²) < 4.78 is 5.23. The van der Waals surface area contributed by atoms with Crippen LogP contribution >= 0.6 is 0 Å². The summed E-state index contributed by atoms with van der Waals surface area (Å²) in [5, 5.41) is 10.3. The monoisotopic (exact) mass is 223 g/mol. The number of aromatic nitrogens is 2. The third-order valence-corrected chi connectivity index (χ3v) is 1.73. The van der Waals surface area contributed by atoms with Gasteiger partial charge >= 0.3 is 5.97 Å². The van der Waals surface area contributed by atoms with E-state index in [1.807, 2.05) is 20.8 Å². The second-order valence-electron chi connectivity index (χ2n) is 4.53. The summed E-state index contributed by atoms with van der Waals surface area (Å²) in [5.41, 5.74) is 0.275. The van der Waals surface area contributed by atoms with Crippen LogP contribution in [0.5, 0.6) is 0 Å². The predicted molar refractivity (Wildman–Crippen MR) is 61.0 cm³/mol. The van der Waals surface area contributed by atoms with Gasteiger partial charge in [-0.25, -0.2) is 4.79 Å². The molecule has 0 aliphatic rings. The zero-order valence-electron chi connectivity index (χ0n) is 10.0. The van der Waals surface area contributed by atoms with Crippen LogP contribution in [0.25, 0.3) is 0 Å². The van der Waals surface area contributed by atoms with Crippen LogP contribution in [-0.2, 0) is 9.53 Å². The van der Waals surface area contributed by atoms with Gasteiger partial charge in [0, 0.05) is 0 Å². The molecule has 0 radical (unpaired) electrons. The van der Waals surface area contributed by atoms with Crippen LogP contribution in [0.15, 0.2) is 18.5 Å². The van der Waals surface area contributed by atoms with Gasteiger partial charge in [-0.05, 0) is 33.8 Å². The Kier molecular flexibility index (Phi) is 3.82. The van der Waals surface area contributed by atoms with Crippen LogP contribution in [0.1, 0.15) is 27.7 Å². The summed E-state index contributed by atoms with van der Waals surface area (Å²) in [6.45, 7) is 7.26. The molecule has 1 heterocycles. The van der Waals surface area contributed by atoms with Gasteiger partial charge in [-0.1, -0.05) is 0 Å². The van der Waals surface area contributed by atoms with E-state index in [9.17, 15) is 4.79 Å². The van der Waals surface area contributed by atoms with Crippen molar-refractivity contribution in [1.82, 2.24) is 10.2 Å². The standard InChI is InChI=1S/C11H17N3O2/c1-8(10(15)16-11(2,3)4)14-9-5-6-12-13-7-9/h5-8H,1-4H3,(H,12,14)/t8-/m0/s1. The highest BCUT2D eigenvalue weighted by Crippen LogP contribution is 2.11. The second kappa shape index (κ2) is 4.92. The number of hydrogen-bond acceptors (Lipinski definition) is 5. The molecule has 0 spiro atoms. The largest absolute Gasteiger partial charge is 0.458 e. The van der Waals surface area contributed by atoms with Gasteiger partial charge in [0.1, 0.15) is 11.6 Å². The van der Waals surface area contributed by atoms with Crippen molar-refractivity contribution in [1.29, 1.82) is 0 Å². The van der Waals surface area contributed by atoms with E-state index in [2.05, 4.69) is 15.5 Å². The Morgan fingerprint density at radius 2 is 2.12 bits per heavy atom. The van der Waals surface area contributed by atoms with Crippen molar-refractivity contribution in [3.05, 3.63) is 18.5 Å². The molecule has 5 nitrogen and oxygen atoms in total.